The van der Waals surface area contributed by atoms with Gasteiger partial charge < -0.3 is 10.6 Å². The van der Waals surface area contributed by atoms with Gasteiger partial charge in [0.2, 0.25) is 5.91 Å². The molecule has 0 radical (unpaired) electrons. The van der Waals surface area contributed by atoms with Crippen LogP contribution in [0.5, 0.6) is 0 Å². The molecule has 0 bridgehead atoms. The Hall–Kier alpha value is -1.08. The first-order chi connectivity index (χ1) is 5.20. The number of nitrogens with zero attached hydrogens (tertiary/aromatic N) is 1. The Bertz CT molecular complexity index is 162. The highest BCUT2D eigenvalue weighted by molar-refractivity contribution is 5.77. The molecule has 0 saturated carbocycles. The molecule has 62 valence electrons. The van der Waals surface area contributed by atoms with E-state index in [9.17, 15) is 4.79 Å². The van der Waals surface area contributed by atoms with Gasteiger partial charge in [-0.2, -0.15) is 5.26 Å². The lowest BCUT2D eigenvalue weighted by Gasteiger charge is -2.04. The maximum atomic E-state index is 10.8. The summed E-state index contributed by atoms with van der Waals surface area (Å²) < 4.78 is 0. The Labute approximate surface area is 66.6 Å². The number of rotatable bonds is 4. The van der Waals surface area contributed by atoms with E-state index >= 15 is 0 Å². The second-order valence-corrected chi connectivity index (χ2v) is 2.36. The Balaban J connectivity index is 3.39. The Morgan fingerprint density at radius 1 is 1.73 bits per heavy atom. The van der Waals surface area contributed by atoms with Gasteiger partial charge in [-0.3, -0.25) is 4.79 Å². The zero-order chi connectivity index (χ0) is 8.69. The first kappa shape index (κ1) is 9.92. The lowest BCUT2D eigenvalue weighted by atomic mass is 10.2. The largest absolute Gasteiger partial charge is 0.354 e. The maximum absolute atomic E-state index is 10.8. The fraction of sp³-hybridized carbons (Fsp3) is 0.714. The minimum absolute atomic E-state index is 0.0744. The average molecular weight is 155 g/mol. The first-order valence-corrected chi connectivity index (χ1v) is 3.51. The van der Waals surface area contributed by atoms with Crippen LogP contribution in [0.25, 0.3) is 0 Å². The molecule has 1 atom stereocenters. The fourth-order valence-electron chi connectivity index (χ4n) is 0.536. The summed E-state index contributed by atoms with van der Waals surface area (Å²) >= 11 is 0. The number of amides is 1. The van der Waals surface area contributed by atoms with Gasteiger partial charge in [-0.25, -0.2) is 0 Å². The van der Waals surface area contributed by atoms with Gasteiger partial charge in [0, 0.05) is 6.54 Å². The maximum Gasteiger partial charge on any atom is 0.233 e. The van der Waals surface area contributed by atoms with Crippen molar-refractivity contribution in [1.29, 1.82) is 5.26 Å². The van der Waals surface area contributed by atoms with Gasteiger partial charge in [-0.05, 0) is 14.0 Å². The molecule has 0 fully saturated rings. The minimum atomic E-state index is -0.115. The quantitative estimate of drug-likeness (QED) is 0.574. The van der Waals surface area contributed by atoms with Crippen molar-refractivity contribution in [1.82, 2.24) is 10.6 Å². The zero-order valence-electron chi connectivity index (χ0n) is 6.85. The number of hydrogen-bond acceptors (Lipinski definition) is 3. The van der Waals surface area contributed by atoms with Crippen LogP contribution in [-0.4, -0.2) is 26.0 Å². The topological polar surface area (TPSA) is 64.9 Å². The van der Waals surface area contributed by atoms with Crippen molar-refractivity contribution in [2.24, 2.45) is 5.92 Å². The van der Waals surface area contributed by atoms with Crippen LogP contribution >= 0.6 is 0 Å². The second kappa shape index (κ2) is 5.69. The molecule has 0 rings (SSSR count). The summed E-state index contributed by atoms with van der Waals surface area (Å²) in [6.07, 6.45) is 0. The minimum Gasteiger partial charge on any atom is -0.354 e. The number of likely N-dealkylation sites (N-methyl/N-ethyl adjacent to an activating group) is 1. The highest BCUT2D eigenvalue weighted by Crippen LogP contribution is 1.86. The molecular weight excluding hydrogens is 142 g/mol. The molecule has 0 aliphatic rings. The van der Waals surface area contributed by atoms with E-state index in [4.69, 9.17) is 5.26 Å². The molecule has 1 amide bonds. The van der Waals surface area contributed by atoms with Crippen LogP contribution in [0.4, 0.5) is 0 Å². The van der Waals surface area contributed by atoms with Gasteiger partial charge in [0.1, 0.15) is 0 Å². The number of hydrogen-bond donors (Lipinski definition) is 2. The Morgan fingerprint density at radius 3 is 2.82 bits per heavy atom. The number of carbonyl (C=O) groups is 1. The predicted octanol–water partition coefficient (Wildman–Crippen LogP) is -0.518. The number of nitriles is 1. The molecule has 4 heteroatoms. The van der Waals surface area contributed by atoms with Crippen LogP contribution in [0.3, 0.4) is 0 Å². The van der Waals surface area contributed by atoms with Gasteiger partial charge in [0.05, 0.1) is 18.5 Å². The van der Waals surface area contributed by atoms with Gasteiger partial charge in [-0.15, -0.1) is 0 Å². The van der Waals surface area contributed by atoms with Gasteiger partial charge in [0.15, 0.2) is 0 Å². The molecule has 0 aliphatic heterocycles. The zero-order valence-corrected chi connectivity index (χ0v) is 6.85. The Morgan fingerprint density at radius 2 is 2.36 bits per heavy atom. The number of carbonyl (C=O) groups excluding carboxylic acids is 1. The van der Waals surface area contributed by atoms with E-state index in [0.29, 0.717) is 13.1 Å². The average Bonchev–Trinajstić information content (AvgIpc) is 2.01. The van der Waals surface area contributed by atoms with Crippen LogP contribution in [0.15, 0.2) is 0 Å². The molecule has 4 nitrogen and oxygen atoms in total. The van der Waals surface area contributed by atoms with Crippen molar-refractivity contribution < 1.29 is 4.79 Å². The van der Waals surface area contributed by atoms with Crippen LogP contribution in [0, 0.1) is 17.2 Å². The van der Waals surface area contributed by atoms with Crippen molar-refractivity contribution in [2.45, 2.75) is 6.92 Å². The van der Waals surface area contributed by atoms with Crippen molar-refractivity contribution in [3.8, 4) is 6.07 Å². The van der Waals surface area contributed by atoms with Gasteiger partial charge in [0.25, 0.3) is 0 Å². The SMILES string of the molecule is CNCC(=O)NCC(C)C#N. The van der Waals surface area contributed by atoms with Crippen molar-refractivity contribution in [2.75, 3.05) is 20.1 Å². The molecular formula is C7H13N3O. The lowest BCUT2D eigenvalue weighted by molar-refractivity contribution is -0.120. The smallest absolute Gasteiger partial charge is 0.233 e. The summed E-state index contributed by atoms with van der Waals surface area (Å²) in [5.41, 5.74) is 0. The third-order valence-electron chi connectivity index (χ3n) is 1.16. The highest BCUT2D eigenvalue weighted by Gasteiger charge is 2.01. The molecule has 0 aliphatic carbocycles. The van der Waals surface area contributed by atoms with Gasteiger partial charge >= 0.3 is 0 Å². The van der Waals surface area contributed by atoms with Crippen LogP contribution in [0.2, 0.25) is 0 Å². The van der Waals surface area contributed by atoms with Crippen LogP contribution < -0.4 is 10.6 Å². The molecule has 0 saturated heterocycles. The summed E-state index contributed by atoms with van der Waals surface area (Å²) in [5.74, 6) is -0.189. The van der Waals surface area contributed by atoms with Crippen molar-refractivity contribution in [3.63, 3.8) is 0 Å². The van der Waals surface area contributed by atoms with E-state index in [2.05, 4.69) is 10.6 Å². The molecule has 2 N–H and O–H groups in total. The molecule has 1 unspecified atom stereocenters. The third-order valence-corrected chi connectivity index (χ3v) is 1.16. The summed E-state index contributed by atoms with van der Waals surface area (Å²) in [6.45, 7) is 2.49. The molecule has 0 aromatic rings. The summed E-state index contributed by atoms with van der Waals surface area (Å²) in [7, 11) is 1.70. The summed E-state index contributed by atoms with van der Waals surface area (Å²) in [5, 5.41) is 13.7. The number of nitrogens with one attached hydrogen (secondary N) is 2. The molecule has 0 heterocycles. The van der Waals surface area contributed by atoms with Crippen LogP contribution in [0.1, 0.15) is 6.92 Å². The lowest BCUT2D eigenvalue weighted by Crippen LogP contribution is -2.34. The van der Waals surface area contributed by atoms with E-state index in [1.807, 2.05) is 6.07 Å². The molecule has 0 aromatic heterocycles. The van der Waals surface area contributed by atoms with E-state index in [0.717, 1.165) is 0 Å². The standard InChI is InChI=1S/C7H13N3O/c1-6(3-8)4-10-7(11)5-9-2/h6,9H,4-5H2,1-2H3,(H,10,11). The second-order valence-electron chi connectivity index (χ2n) is 2.36. The fourth-order valence-corrected chi connectivity index (χ4v) is 0.536. The van der Waals surface area contributed by atoms with E-state index < -0.39 is 0 Å². The normalized spacial score (nSPS) is 11.7. The first-order valence-electron chi connectivity index (χ1n) is 3.51. The third kappa shape index (κ3) is 5.37. The summed E-state index contributed by atoms with van der Waals surface area (Å²) in [4.78, 5) is 10.8. The van der Waals surface area contributed by atoms with E-state index in [1.54, 1.807) is 14.0 Å². The molecule has 0 aromatic carbocycles. The highest BCUT2D eigenvalue weighted by atomic mass is 16.1. The van der Waals surface area contributed by atoms with Crippen LogP contribution in [-0.2, 0) is 4.79 Å². The predicted molar refractivity (Wildman–Crippen MR) is 41.7 cm³/mol. The van der Waals surface area contributed by atoms with E-state index in [1.165, 1.54) is 0 Å². The van der Waals surface area contributed by atoms with Crippen molar-refractivity contribution in [3.05, 3.63) is 0 Å². The van der Waals surface area contributed by atoms with Crippen molar-refractivity contribution >= 4 is 5.91 Å². The van der Waals surface area contributed by atoms with Gasteiger partial charge in [-0.1, -0.05) is 0 Å². The molecule has 0 spiro atoms. The summed E-state index contributed by atoms with van der Waals surface area (Å²) in [6, 6.07) is 2.03. The molecule has 11 heavy (non-hydrogen) atoms. The Kier molecular flexibility index (Phi) is 5.13. The van der Waals surface area contributed by atoms with E-state index in [-0.39, 0.29) is 11.8 Å². The monoisotopic (exact) mass is 155 g/mol.